The molecule has 0 aromatic heterocycles. The molecule has 4 nitrogen and oxygen atoms in total. The van der Waals surface area contributed by atoms with Gasteiger partial charge in [0.25, 0.3) is 0 Å². The highest BCUT2D eigenvalue weighted by molar-refractivity contribution is 5.85. The summed E-state index contributed by atoms with van der Waals surface area (Å²) in [5.41, 5.74) is 6.07. The summed E-state index contributed by atoms with van der Waals surface area (Å²) < 4.78 is 6.02. The molecule has 0 radical (unpaired) electrons. The maximum Gasteiger partial charge on any atom is 0.241 e. The van der Waals surface area contributed by atoms with Crippen LogP contribution in [0.25, 0.3) is 0 Å². The number of nitrogens with one attached hydrogen (secondary N) is 1. The Hall–Kier alpha value is -1.55. The third-order valence-electron chi connectivity index (χ3n) is 4.68. The number of benzene rings is 1. The van der Waals surface area contributed by atoms with Crippen LogP contribution in [0.4, 0.5) is 0 Å². The van der Waals surface area contributed by atoms with Crippen molar-refractivity contribution in [3.63, 3.8) is 0 Å². The standard InChI is InChI=1S/C17H26N2O2/c1-4-12(2)14-7-5-6-8-15(14)21-11-17(19-3,16(18)20)13-9-10-13/h5-8,12-13,19H,4,9-11H2,1-3H3,(H2,18,20). The number of nitrogens with two attached hydrogens (primary N) is 1. The first-order valence-electron chi connectivity index (χ1n) is 7.75. The molecule has 116 valence electrons. The van der Waals surface area contributed by atoms with Gasteiger partial charge in [0.2, 0.25) is 5.91 Å². The molecule has 0 spiro atoms. The van der Waals surface area contributed by atoms with Gasteiger partial charge in [-0.2, -0.15) is 0 Å². The minimum Gasteiger partial charge on any atom is -0.491 e. The van der Waals surface area contributed by atoms with Crippen LogP contribution in [0.1, 0.15) is 44.6 Å². The fraction of sp³-hybridized carbons (Fsp3) is 0.588. The lowest BCUT2D eigenvalue weighted by molar-refractivity contribution is -0.126. The Balaban J connectivity index is 2.16. The topological polar surface area (TPSA) is 64.3 Å². The van der Waals surface area contributed by atoms with E-state index >= 15 is 0 Å². The zero-order valence-electron chi connectivity index (χ0n) is 13.2. The van der Waals surface area contributed by atoms with Crippen LogP contribution in [0.5, 0.6) is 5.75 Å². The highest BCUT2D eigenvalue weighted by Gasteiger charge is 2.49. The third-order valence-corrected chi connectivity index (χ3v) is 4.68. The summed E-state index contributed by atoms with van der Waals surface area (Å²) in [6.45, 7) is 4.63. The number of primary amides is 1. The number of para-hydroxylation sites is 1. The normalized spacial score (nSPS) is 18.8. The van der Waals surface area contributed by atoms with Crippen LogP contribution >= 0.6 is 0 Å². The number of hydrogen-bond donors (Lipinski definition) is 2. The van der Waals surface area contributed by atoms with E-state index in [2.05, 4.69) is 25.2 Å². The average Bonchev–Trinajstić information content (AvgIpc) is 3.33. The van der Waals surface area contributed by atoms with Crippen molar-refractivity contribution in [3.8, 4) is 5.75 Å². The van der Waals surface area contributed by atoms with Crippen molar-refractivity contribution < 1.29 is 9.53 Å². The van der Waals surface area contributed by atoms with Crippen LogP contribution < -0.4 is 15.8 Å². The van der Waals surface area contributed by atoms with E-state index in [-0.39, 0.29) is 18.4 Å². The van der Waals surface area contributed by atoms with Crippen molar-refractivity contribution >= 4 is 5.91 Å². The summed E-state index contributed by atoms with van der Waals surface area (Å²) in [6.07, 6.45) is 3.11. The number of ether oxygens (including phenoxy) is 1. The van der Waals surface area contributed by atoms with Crippen molar-refractivity contribution in [1.29, 1.82) is 0 Å². The van der Waals surface area contributed by atoms with Crippen LogP contribution in [0.3, 0.4) is 0 Å². The highest BCUT2D eigenvalue weighted by Crippen LogP contribution is 2.40. The number of rotatable bonds is 8. The van der Waals surface area contributed by atoms with Crippen molar-refractivity contribution in [2.45, 2.75) is 44.6 Å². The lowest BCUT2D eigenvalue weighted by atomic mass is 9.93. The molecule has 2 unspecified atom stereocenters. The zero-order valence-corrected chi connectivity index (χ0v) is 13.2. The summed E-state index contributed by atoms with van der Waals surface area (Å²) >= 11 is 0. The number of likely N-dealkylation sites (N-methyl/N-ethyl adjacent to an activating group) is 1. The maximum atomic E-state index is 11.9. The van der Waals surface area contributed by atoms with Gasteiger partial charge in [0, 0.05) is 0 Å². The van der Waals surface area contributed by atoms with E-state index in [4.69, 9.17) is 10.5 Å². The van der Waals surface area contributed by atoms with Gasteiger partial charge in [-0.15, -0.1) is 0 Å². The lowest BCUT2D eigenvalue weighted by Crippen LogP contribution is -2.59. The fourth-order valence-corrected chi connectivity index (χ4v) is 2.80. The highest BCUT2D eigenvalue weighted by atomic mass is 16.5. The molecule has 1 aromatic carbocycles. The Bertz CT molecular complexity index is 499. The fourth-order valence-electron chi connectivity index (χ4n) is 2.80. The Labute approximate surface area is 127 Å². The van der Waals surface area contributed by atoms with Gasteiger partial charge in [-0.3, -0.25) is 4.79 Å². The Kier molecular flexibility index (Phi) is 4.88. The predicted octanol–water partition coefficient (Wildman–Crippen LogP) is 2.43. The first-order chi connectivity index (χ1) is 10.0. The lowest BCUT2D eigenvalue weighted by Gasteiger charge is -2.30. The average molecular weight is 290 g/mol. The van der Waals surface area contributed by atoms with E-state index < -0.39 is 5.54 Å². The number of carbonyl (C=O) groups is 1. The van der Waals surface area contributed by atoms with Gasteiger partial charge >= 0.3 is 0 Å². The Morgan fingerprint density at radius 3 is 2.67 bits per heavy atom. The molecule has 21 heavy (non-hydrogen) atoms. The molecule has 0 bridgehead atoms. The third kappa shape index (κ3) is 3.21. The summed E-state index contributed by atoms with van der Waals surface area (Å²) in [7, 11) is 1.78. The molecule has 0 saturated heterocycles. The van der Waals surface area contributed by atoms with Gasteiger partial charge in [-0.05, 0) is 49.8 Å². The molecule has 0 heterocycles. The first kappa shape index (κ1) is 15.8. The Morgan fingerprint density at radius 2 is 2.14 bits per heavy atom. The van der Waals surface area contributed by atoms with Gasteiger partial charge < -0.3 is 15.8 Å². The molecule has 3 N–H and O–H groups in total. The van der Waals surface area contributed by atoms with Gasteiger partial charge in [0.05, 0.1) is 0 Å². The SMILES string of the molecule is CCC(C)c1ccccc1OCC(NC)(C(N)=O)C1CC1. The van der Waals surface area contributed by atoms with Crippen LogP contribution in [-0.4, -0.2) is 25.1 Å². The van der Waals surface area contributed by atoms with E-state index in [9.17, 15) is 4.79 Å². The molecular weight excluding hydrogens is 264 g/mol. The summed E-state index contributed by atoms with van der Waals surface area (Å²) in [5, 5.41) is 3.11. The van der Waals surface area contributed by atoms with Gasteiger partial charge in [0.1, 0.15) is 17.9 Å². The molecule has 2 rings (SSSR count). The molecule has 1 aromatic rings. The summed E-state index contributed by atoms with van der Waals surface area (Å²) in [5.74, 6) is 1.25. The summed E-state index contributed by atoms with van der Waals surface area (Å²) in [4.78, 5) is 11.9. The summed E-state index contributed by atoms with van der Waals surface area (Å²) in [6, 6.07) is 8.04. The first-order valence-corrected chi connectivity index (χ1v) is 7.75. The number of hydrogen-bond acceptors (Lipinski definition) is 3. The van der Waals surface area contributed by atoms with Crippen molar-refractivity contribution in [3.05, 3.63) is 29.8 Å². The largest absolute Gasteiger partial charge is 0.491 e. The van der Waals surface area contributed by atoms with E-state index in [0.29, 0.717) is 5.92 Å². The minimum absolute atomic E-state index is 0.288. The van der Waals surface area contributed by atoms with Gasteiger partial charge in [-0.1, -0.05) is 32.0 Å². The molecule has 0 aliphatic heterocycles. The van der Waals surface area contributed by atoms with Gasteiger partial charge in [-0.25, -0.2) is 0 Å². The predicted molar refractivity (Wildman–Crippen MR) is 84.4 cm³/mol. The van der Waals surface area contributed by atoms with Crippen molar-refractivity contribution in [2.24, 2.45) is 11.7 Å². The second-order valence-corrected chi connectivity index (χ2v) is 6.00. The Morgan fingerprint density at radius 1 is 1.48 bits per heavy atom. The van der Waals surface area contributed by atoms with E-state index in [0.717, 1.165) is 25.0 Å². The van der Waals surface area contributed by atoms with E-state index in [1.165, 1.54) is 5.56 Å². The second-order valence-electron chi connectivity index (χ2n) is 6.00. The molecule has 4 heteroatoms. The van der Waals surface area contributed by atoms with Crippen LogP contribution in [0, 0.1) is 5.92 Å². The van der Waals surface area contributed by atoms with Crippen LogP contribution in [-0.2, 0) is 4.79 Å². The molecule has 1 aliphatic carbocycles. The van der Waals surface area contributed by atoms with Gasteiger partial charge in [0.15, 0.2) is 0 Å². The second kappa shape index (κ2) is 6.48. The van der Waals surface area contributed by atoms with E-state index in [1.807, 2.05) is 18.2 Å². The molecule has 2 atom stereocenters. The molecule has 1 saturated carbocycles. The molecular formula is C17H26N2O2. The quantitative estimate of drug-likeness (QED) is 0.773. The number of carbonyl (C=O) groups excluding carboxylic acids is 1. The van der Waals surface area contributed by atoms with Crippen LogP contribution in [0.2, 0.25) is 0 Å². The van der Waals surface area contributed by atoms with Crippen LogP contribution in [0.15, 0.2) is 24.3 Å². The number of amides is 1. The zero-order chi connectivity index (χ0) is 15.5. The smallest absolute Gasteiger partial charge is 0.241 e. The minimum atomic E-state index is -0.747. The molecule has 1 amide bonds. The molecule has 1 aliphatic rings. The van der Waals surface area contributed by atoms with E-state index in [1.54, 1.807) is 7.05 Å². The maximum absolute atomic E-state index is 11.9. The van der Waals surface area contributed by atoms with Crippen molar-refractivity contribution in [2.75, 3.05) is 13.7 Å². The molecule has 1 fully saturated rings. The monoisotopic (exact) mass is 290 g/mol. The van der Waals surface area contributed by atoms with Crippen molar-refractivity contribution in [1.82, 2.24) is 5.32 Å².